The molecule has 1 aliphatic rings. The SMILES string of the molecule is CN(CC1(O)CCOCC1)c1ncnc(Cl)c1[N+](=O)[O-]. The third kappa shape index (κ3) is 3.14. The minimum Gasteiger partial charge on any atom is -0.388 e. The van der Waals surface area contributed by atoms with E-state index in [-0.39, 0.29) is 23.2 Å². The number of ether oxygens (including phenoxy) is 1. The lowest BCUT2D eigenvalue weighted by Gasteiger charge is -2.35. The van der Waals surface area contributed by atoms with Crippen LogP contribution in [0.2, 0.25) is 5.15 Å². The van der Waals surface area contributed by atoms with Crippen molar-refractivity contribution in [3.05, 3.63) is 21.6 Å². The van der Waals surface area contributed by atoms with Crippen LogP contribution in [-0.4, -0.2) is 52.4 Å². The fourth-order valence-electron chi connectivity index (χ4n) is 2.21. The number of halogens is 1. The molecule has 1 aromatic rings. The lowest BCUT2D eigenvalue weighted by atomic mass is 9.94. The number of nitrogens with zero attached hydrogens (tertiary/aromatic N) is 4. The van der Waals surface area contributed by atoms with Crippen molar-refractivity contribution in [2.75, 3.05) is 31.7 Å². The van der Waals surface area contributed by atoms with Crippen LogP contribution in [0, 0.1) is 10.1 Å². The van der Waals surface area contributed by atoms with Gasteiger partial charge in [0.05, 0.1) is 10.5 Å². The topological polar surface area (TPSA) is 102 Å². The molecule has 2 heterocycles. The fraction of sp³-hybridized carbons (Fsp3) is 0.636. The number of anilines is 1. The number of likely N-dealkylation sites (N-methyl/N-ethyl adjacent to an activating group) is 1. The fourth-order valence-corrected chi connectivity index (χ4v) is 2.41. The van der Waals surface area contributed by atoms with Gasteiger partial charge in [-0.2, -0.15) is 0 Å². The average Bonchev–Trinajstić information content (AvgIpc) is 2.38. The molecular weight excluding hydrogens is 288 g/mol. The van der Waals surface area contributed by atoms with E-state index in [0.717, 1.165) is 6.33 Å². The minimum atomic E-state index is -0.946. The maximum atomic E-state index is 11.1. The highest BCUT2D eigenvalue weighted by Gasteiger charge is 2.34. The molecule has 8 nitrogen and oxygen atoms in total. The molecule has 0 aromatic carbocycles. The van der Waals surface area contributed by atoms with Crippen molar-refractivity contribution in [3.63, 3.8) is 0 Å². The zero-order chi connectivity index (χ0) is 14.8. The maximum absolute atomic E-state index is 11.1. The Labute approximate surface area is 120 Å². The Morgan fingerprint density at radius 1 is 1.55 bits per heavy atom. The monoisotopic (exact) mass is 302 g/mol. The van der Waals surface area contributed by atoms with Gasteiger partial charge in [-0.25, -0.2) is 9.97 Å². The van der Waals surface area contributed by atoms with Crippen molar-refractivity contribution in [2.24, 2.45) is 0 Å². The van der Waals surface area contributed by atoms with E-state index < -0.39 is 10.5 Å². The highest BCUT2D eigenvalue weighted by molar-refractivity contribution is 6.31. The standard InChI is InChI=1S/C11H15ClN4O4/c1-15(6-11(17)2-4-20-5-3-11)10-8(16(18)19)9(12)13-7-14-10/h7,17H,2-6H2,1H3. The van der Waals surface area contributed by atoms with Gasteiger partial charge in [-0.3, -0.25) is 10.1 Å². The average molecular weight is 303 g/mol. The van der Waals surface area contributed by atoms with Gasteiger partial charge >= 0.3 is 5.69 Å². The number of rotatable bonds is 4. The highest BCUT2D eigenvalue weighted by atomic mass is 35.5. The number of nitro groups is 1. The van der Waals surface area contributed by atoms with Gasteiger partial charge in [0.2, 0.25) is 11.0 Å². The number of aromatic nitrogens is 2. The Balaban J connectivity index is 2.23. The van der Waals surface area contributed by atoms with Gasteiger partial charge in [0.25, 0.3) is 0 Å². The van der Waals surface area contributed by atoms with Gasteiger partial charge in [0.1, 0.15) is 6.33 Å². The van der Waals surface area contributed by atoms with Crippen molar-refractivity contribution < 1.29 is 14.8 Å². The van der Waals surface area contributed by atoms with Crippen LogP contribution in [-0.2, 0) is 4.74 Å². The van der Waals surface area contributed by atoms with E-state index in [2.05, 4.69) is 9.97 Å². The predicted octanol–water partition coefficient (Wildman–Crippen LogP) is 1.02. The Morgan fingerprint density at radius 3 is 2.80 bits per heavy atom. The molecule has 0 amide bonds. The van der Waals surface area contributed by atoms with Crippen LogP contribution in [0.1, 0.15) is 12.8 Å². The van der Waals surface area contributed by atoms with E-state index in [0.29, 0.717) is 26.1 Å². The number of hydrogen-bond donors (Lipinski definition) is 1. The molecule has 0 bridgehead atoms. The first-order valence-electron chi connectivity index (χ1n) is 6.09. The molecule has 0 unspecified atom stereocenters. The van der Waals surface area contributed by atoms with Gasteiger partial charge in [-0.05, 0) is 0 Å². The van der Waals surface area contributed by atoms with Crippen molar-refractivity contribution in [2.45, 2.75) is 18.4 Å². The molecule has 1 saturated heterocycles. The van der Waals surface area contributed by atoms with Crippen molar-refractivity contribution in [1.82, 2.24) is 9.97 Å². The first-order valence-corrected chi connectivity index (χ1v) is 6.47. The second-order valence-electron chi connectivity index (χ2n) is 4.79. The van der Waals surface area contributed by atoms with Crippen LogP contribution in [0.5, 0.6) is 0 Å². The van der Waals surface area contributed by atoms with Gasteiger partial charge in [0.15, 0.2) is 0 Å². The number of hydrogen-bond acceptors (Lipinski definition) is 7. The lowest BCUT2D eigenvalue weighted by molar-refractivity contribution is -0.384. The Bertz CT molecular complexity index is 507. The van der Waals surface area contributed by atoms with Gasteiger partial charge < -0.3 is 14.7 Å². The summed E-state index contributed by atoms with van der Waals surface area (Å²) in [5, 5.41) is 21.3. The summed E-state index contributed by atoms with van der Waals surface area (Å²) in [6.07, 6.45) is 2.11. The molecule has 1 fully saturated rings. The largest absolute Gasteiger partial charge is 0.388 e. The summed E-state index contributed by atoms with van der Waals surface area (Å²) in [6.45, 7) is 1.15. The van der Waals surface area contributed by atoms with Crippen LogP contribution >= 0.6 is 11.6 Å². The lowest BCUT2D eigenvalue weighted by Crippen LogP contribution is -2.46. The third-order valence-electron chi connectivity index (χ3n) is 3.26. The van der Waals surface area contributed by atoms with Crippen LogP contribution in [0.15, 0.2) is 6.33 Å². The highest BCUT2D eigenvalue weighted by Crippen LogP contribution is 2.32. The summed E-state index contributed by atoms with van der Waals surface area (Å²) in [6, 6.07) is 0. The number of aliphatic hydroxyl groups is 1. The molecule has 1 N–H and O–H groups in total. The zero-order valence-corrected chi connectivity index (χ0v) is 11.7. The summed E-state index contributed by atoms with van der Waals surface area (Å²) < 4.78 is 5.20. The van der Waals surface area contributed by atoms with Crippen molar-refractivity contribution >= 4 is 23.1 Å². The van der Waals surface area contributed by atoms with E-state index in [1.165, 1.54) is 4.90 Å². The van der Waals surface area contributed by atoms with Crippen LogP contribution in [0.3, 0.4) is 0 Å². The summed E-state index contributed by atoms with van der Waals surface area (Å²) in [5.74, 6) is 0.0925. The van der Waals surface area contributed by atoms with Gasteiger partial charge in [-0.15, -0.1) is 0 Å². The summed E-state index contributed by atoms with van der Waals surface area (Å²) in [5.41, 5.74) is -1.30. The Morgan fingerprint density at radius 2 is 2.20 bits per heavy atom. The summed E-state index contributed by atoms with van der Waals surface area (Å²) >= 11 is 5.74. The summed E-state index contributed by atoms with van der Waals surface area (Å²) in [4.78, 5) is 19.5. The predicted molar refractivity (Wildman–Crippen MR) is 72.0 cm³/mol. The third-order valence-corrected chi connectivity index (χ3v) is 3.53. The molecule has 1 aliphatic heterocycles. The molecule has 0 atom stereocenters. The van der Waals surface area contributed by atoms with Crippen molar-refractivity contribution in [3.8, 4) is 0 Å². The smallest absolute Gasteiger partial charge is 0.348 e. The maximum Gasteiger partial charge on any atom is 0.348 e. The van der Waals surface area contributed by atoms with E-state index in [4.69, 9.17) is 16.3 Å². The van der Waals surface area contributed by atoms with Crippen molar-refractivity contribution in [1.29, 1.82) is 0 Å². The Kier molecular flexibility index (Phi) is 4.36. The molecule has 20 heavy (non-hydrogen) atoms. The van der Waals surface area contributed by atoms with Crippen LogP contribution in [0.25, 0.3) is 0 Å². The normalized spacial score (nSPS) is 17.8. The molecule has 0 spiro atoms. The van der Waals surface area contributed by atoms with Crippen LogP contribution in [0.4, 0.5) is 11.5 Å². The quantitative estimate of drug-likeness (QED) is 0.503. The molecule has 110 valence electrons. The molecule has 9 heteroatoms. The van der Waals surface area contributed by atoms with Gasteiger partial charge in [-0.1, -0.05) is 11.6 Å². The second kappa shape index (κ2) is 5.86. The van der Waals surface area contributed by atoms with E-state index in [1.54, 1.807) is 7.05 Å². The van der Waals surface area contributed by atoms with E-state index in [9.17, 15) is 15.2 Å². The molecule has 2 rings (SSSR count). The second-order valence-corrected chi connectivity index (χ2v) is 5.14. The van der Waals surface area contributed by atoms with Gasteiger partial charge in [0, 0.05) is 39.6 Å². The minimum absolute atomic E-state index is 0.0925. The van der Waals surface area contributed by atoms with Crippen LogP contribution < -0.4 is 4.90 Å². The van der Waals surface area contributed by atoms with E-state index >= 15 is 0 Å². The molecule has 1 aromatic heterocycles. The summed E-state index contributed by atoms with van der Waals surface area (Å²) in [7, 11) is 1.62. The first-order chi connectivity index (χ1) is 9.43. The first kappa shape index (κ1) is 14.9. The Hall–Kier alpha value is -1.51. The molecule has 0 aliphatic carbocycles. The van der Waals surface area contributed by atoms with E-state index in [1.807, 2.05) is 0 Å². The molecule has 0 saturated carbocycles. The molecular formula is C11H15ClN4O4. The molecule has 0 radical (unpaired) electrons. The zero-order valence-electron chi connectivity index (χ0n) is 11.0.